The van der Waals surface area contributed by atoms with Gasteiger partial charge in [-0.05, 0) is 41.6 Å². The van der Waals surface area contributed by atoms with E-state index in [1.807, 2.05) is 18.2 Å². The maximum atomic E-state index is 12.5. The van der Waals surface area contributed by atoms with Gasteiger partial charge < -0.3 is 5.32 Å². The predicted octanol–water partition coefficient (Wildman–Crippen LogP) is 3.68. The second-order valence-corrected chi connectivity index (χ2v) is 7.69. The van der Waals surface area contributed by atoms with Gasteiger partial charge in [0.1, 0.15) is 0 Å². The van der Waals surface area contributed by atoms with Crippen molar-refractivity contribution in [2.24, 2.45) is 0 Å². The molecule has 7 nitrogen and oxygen atoms in total. The number of amides is 3. The summed E-state index contributed by atoms with van der Waals surface area (Å²) in [5.41, 5.74) is 1.81. The summed E-state index contributed by atoms with van der Waals surface area (Å²) < 4.78 is 0. The van der Waals surface area contributed by atoms with Gasteiger partial charge in [-0.2, -0.15) is 5.10 Å². The molecule has 1 aromatic heterocycles. The largest absolute Gasteiger partial charge is 0.349 e. The third-order valence-corrected chi connectivity index (χ3v) is 5.51. The number of fused-ring (bicyclic) bond motifs is 1. The number of imide groups is 1. The first-order valence-electron chi connectivity index (χ1n) is 8.75. The minimum Gasteiger partial charge on any atom is -0.349 e. The minimum absolute atomic E-state index is 0.0801. The summed E-state index contributed by atoms with van der Waals surface area (Å²) in [5, 5.41) is 10.5. The molecule has 2 N–H and O–H groups in total. The standard InChI is InChI=1S/C20H15ClN4O3S/c21-13-7-5-12(6-8-13)11-16-19(27)25(20(28)29-16)10-9-22-18(26)17-14-3-1-2-4-15(14)23-24-17/h1-8,11H,9-10H2,(H,22,26)(H,23,24). The second kappa shape index (κ2) is 8.10. The van der Waals surface area contributed by atoms with Crippen LogP contribution in [0, 0.1) is 0 Å². The Balaban J connectivity index is 1.38. The molecule has 2 aromatic carbocycles. The number of thioether (sulfide) groups is 1. The molecule has 146 valence electrons. The molecule has 29 heavy (non-hydrogen) atoms. The molecule has 0 radical (unpaired) electrons. The Morgan fingerprint density at radius 3 is 2.72 bits per heavy atom. The van der Waals surface area contributed by atoms with Gasteiger partial charge in [-0.1, -0.05) is 41.9 Å². The normalized spacial score (nSPS) is 15.5. The molecular formula is C20H15ClN4O3S. The van der Waals surface area contributed by atoms with Crippen LogP contribution < -0.4 is 5.32 Å². The van der Waals surface area contributed by atoms with Crippen LogP contribution in [0.3, 0.4) is 0 Å². The molecule has 1 saturated heterocycles. The zero-order chi connectivity index (χ0) is 20.4. The van der Waals surface area contributed by atoms with Crippen LogP contribution in [-0.2, 0) is 4.79 Å². The predicted molar refractivity (Wildman–Crippen MR) is 113 cm³/mol. The van der Waals surface area contributed by atoms with E-state index < -0.39 is 0 Å². The molecule has 0 spiro atoms. The Kier molecular flexibility index (Phi) is 5.37. The summed E-state index contributed by atoms with van der Waals surface area (Å²) >= 11 is 6.73. The summed E-state index contributed by atoms with van der Waals surface area (Å²) in [7, 11) is 0. The number of nitrogens with one attached hydrogen (secondary N) is 2. The van der Waals surface area contributed by atoms with Crippen LogP contribution in [0.15, 0.2) is 53.4 Å². The summed E-state index contributed by atoms with van der Waals surface area (Å²) in [6, 6.07) is 14.3. The number of aromatic nitrogens is 2. The van der Waals surface area contributed by atoms with Crippen LogP contribution in [0.25, 0.3) is 17.0 Å². The first-order chi connectivity index (χ1) is 14.0. The van der Waals surface area contributed by atoms with Crippen LogP contribution in [0.4, 0.5) is 4.79 Å². The van der Waals surface area contributed by atoms with Crippen molar-refractivity contribution in [1.82, 2.24) is 20.4 Å². The van der Waals surface area contributed by atoms with Crippen LogP contribution in [-0.4, -0.2) is 45.2 Å². The van der Waals surface area contributed by atoms with Crippen LogP contribution >= 0.6 is 23.4 Å². The van der Waals surface area contributed by atoms with E-state index in [1.54, 1.807) is 36.4 Å². The van der Waals surface area contributed by atoms with E-state index >= 15 is 0 Å². The molecule has 0 saturated carbocycles. The quantitative estimate of drug-likeness (QED) is 0.607. The summed E-state index contributed by atoms with van der Waals surface area (Å²) in [5.74, 6) is -0.749. The third kappa shape index (κ3) is 4.03. The number of carbonyl (C=O) groups is 3. The van der Waals surface area contributed by atoms with Crippen molar-refractivity contribution in [2.75, 3.05) is 13.1 Å². The summed E-state index contributed by atoms with van der Waals surface area (Å²) in [6.07, 6.45) is 1.65. The van der Waals surface area contributed by atoms with Gasteiger partial charge in [-0.25, -0.2) is 0 Å². The van der Waals surface area contributed by atoms with Crippen molar-refractivity contribution >= 4 is 57.4 Å². The van der Waals surface area contributed by atoms with E-state index in [0.717, 1.165) is 27.7 Å². The van der Waals surface area contributed by atoms with Crippen molar-refractivity contribution in [3.63, 3.8) is 0 Å². The third-order valence-electron chi connectivity index (χ3n) is 4.35. The fourth-order valence-electron chi connectivity index (χ4n) is 2.90. The van der Waals surface area contributed by atoms with Gasteiger partial charge in [-0.3, -0.25) is 24.4 Å². The lowest BCUT2D eigenvalue weighted by atomic mass is 10.2. The van der Waals surface area contributed by atoms with Crippen molar-refractivity contribution in [1.29, 1.82) is 0 Å². The highest BCUT2D eigenvalue weighted by molar-refractivity contribution is 8.18. The zero-order valence-corrected chi connectivity index (χ0v) is 16.6. The Hall–Kier alpha value is -3.10. The number of nitrogens with zero attached hydrogens (tertiary/aromatic N) is 2. The average Bonchev–Trinajstić information content (AvgIpc) is 3.26. The molecule has 0 aliphatic carbocycles. The van der Waals surface area contributed by atoms with E-state index in [4.69, 9.17) is 11.6 Å². The summed E-state index contributed by atoms with van der Waals surface area (Å²) in [4.78, 5) is 38.6. The topological polar surface area (TPSA) is 95.2 Å². The zero-order valence-electron chi connectivity index (χ0n) is 15.0. The van der Waals surface area contributed by atoms with Crippen molar-refractivity contribution in [3.05, 3.63) is 69.7 Å². The molecule has 1 fully saturated rings. The molecule has 0 bridgehead atoms. The number of carbonyl (C=O) groups excluding carboxylic acids is 3. The number of halogens is 1. The van der Waals surface area contributed by atoms with Crippen LogP contribution in [0.2, 0.25) is 5.02 Å². The average molecular weight is 427 g/mol. The summed E-state index contributed by atoms with van der Waals surface area (Å²) in [6.45, 7) is 0.211. The Labute approximate surface area is 175 Å². The Morgan fingerprint density at radius 1 is 1.17 bits per heavy atom. The molecular weight excluding hydrogens is 412 g/mol. The van der Waals surface area contributed by atoms with Crippen LogP contribution in [0.1, 0.15) is 16.1 Å². The van der Waals surface area contributed by atoms with Gasteiger partial charge in [0.2, 0.25) is 0 Å². The molecule has 2 heterocycles. The minimum atomic E-state index is -0.380. The number of para-hydroxylation sites is 1. The smallest absolute Gasteiger partial charge is 0.293 e. The highest BCUT2D eigenvalue weighted by atomic mass is 35.5. The molecule has 3 aromatic rings. The number of rotatable bonds is 5. The first kappa shape index (κ1) is 19.2. The van der Waals surface area contributed by atoms with E-state index in [2.05, 4.69) is 15.5 Å². The molecule has 1 aliphatic heterocycles. The molecule has 4 rings (SSSR count). The molecule has 0 unspecified atom stereocenters. The fraction of sp³-hybridized carbons (Fsp3) is 0.100. The lowest BCUT2D eigenvalue weighted by molar-refractivity contribution is -0.122. The fourth-order valence-corrected chi connectivity index (χ4v) is 3.90. The van der Waals surface area contributed by atoms with Crippen molar-refractivity contribution < 1.29 is 14.4 Å². The number of H-pyrrole nitrogens is 1. The monoisotopic (exact) mass is 426 g/mol. The van der Waals surface area contributed by atoms with E-state index in [0.29, 0.717) is 15.3 Å². The molecule has 3 amide bonds. The highest BCUT2D eigenvalue weighted by Gasteiger charge is 2.34. The number of hydrogen-bond donors (Lipinski definition) is 2. The van der Waals surface area contributed by atoms with Gasteiger partial charge in [0.15, 0.2) is 5.69 Å². The highest BCUT2D eigenvalue weighted by Crippen LogP contribution is 2.32. The van der Waals surface area contributed by atoms with Gasteiger partial charge in [0.05, 0.1) is 10.4 Å². The van der Waals surface area contributed by atoms with Gasteiger partial charge >= 0.3 is 0 Å². The lowest BCUT2D eigenvalue weighted by Crippen LogP contribution is -2.37. The molecule has 9 heteroatoms. The maximum Gasteiger partial charge on any atom is 0.293 e. The number of aromatic amines is 1. The lowest BCUT2D eigenvalue weighted by Gasteiger charge is -2.12. The second-order valence-electron chi connectivity index (χ2n) is 6.26. The number of benzene rings is 2. The first-order valence-corrected chi connectivity index (χ1v) is 9.94. The van der Waals surface area contributed by atoms with Gasteiger partial charge in [0.25, 0.3) is 17.1 Å². The molecule has 0 atom stereocenters. The van der Waals surface area contributed by atoms with Crippen LogP contribution in [0.5, 0.6) is 0 Å². The van der Waals surface area contributed by atoms with Crippen molar-refractivity contribution in [3.8, 4) is 0 Å². The van der Waals surface area contributed by atoms with Crippen molar-refractivity contribution in [2.45, 2.75) is 0 Å². The van der Waals surface area contributed by atoms with Gasteiger partial charge in [-0.15, -0.1) is 0 Å². The molecule has 1 aliphatic rings. The Morgan fingerprint density at radius 2 is 1.93 bits per heavy atom. The van der Waals surface area contributed by atoms with Gasteiger partial charge in [0, 0.05) is 23.5 Å². The van der Waals surface area contributed by atoms with E-state index in [9.17, 15) is 14.4 Å². The van der Waals surface area contributed by atoms with E-state index in [1.165, 1.54) is 0 Å². The SMILES string of the molecule is O=C(NCCN1C(=O)SC(=Cc2ccc(Cl)cc2)C1=O)c1n[nH]c2ccccc12. The van der Waals surface area contributed by atoms with E-state index in [-0.39, 0.29) is 35.8 Å². The Bertz CT molecular complexity index is 1140. The number of hydrogen-bond acceptors (Lipinski definition) is 5. The maximum absolute atomic E-state index is 12.5.